The third-order valence-electron chi connectivity index (χ3n) is 4.52. The molecule has 168 valence electrons. The quantitative estimate of drug-likeness (QED) is 0.433. The number of benzene rings is 2. The Morgan fingerprint density at radius 2 is 1.90 bits per heavy atom. The van der Waals surface area contributed by atoms with Gasteiger partial charge in [0, 0.05) is 18.7 Å². The molecule has 0 radical (unpaired) electrons. The van der Waals surface area contributed by atoms with Crippen LogP contribution in [0.3, 0.4) is 0 Å². The average Bonchev–Trinajstić information content (AvgIpc) is 2.75. The van der Waals surface area contributed by atoms with E-state index in [1.54, 1.807) is 6.08 Å². The normalized spacial score (nSPS) is 13.7. The van der Waals surface area contributed by atoms with E-state index in [1.807, 2.05) is 31.2 Å². The van der Waals surface area contributed by atoms with Gasteiger partial charge in [0.05, 0.1) is 18.8 Å². The van der Waals surface area contributed by atoms with Crippen molar-refractivity contribution in [2.75, 3.05) is 20.3 Å². The second kappa shape index (κ2) is 11.5. The molecule has 2 unspecified atom stereocenters. The monoisotopic (exact) mass is 437 g/mol. The van der Waals surface area contributed by atoms with E-state index in [9.17, 15) is 23.1 Å². The fourth-order valence-electron chi connectivity index (χ4n) is 2.86. The van der Waals surface area contributed by atoms with E-state index < -0.39 is 23.8 Å². The van der Waals surface area contributed by atoms with E-state index in [-0.39, 0.29) is 24.8 Å². The Morgan fingerprint density at radius 3 is 2.55 bits per heavy atom. The predicted molar refractivity (Wildman–Crippen MR) is 111 cm³/mol. The number of ether oxygens (including phenoxy) is 2. The number of methoxy groups -OCH3 is 1. The van der Waals surface area contributed by atoms with Crippen LogP contribution in [-0.2, 0) is 22.1 Å². The summed E-state index contributed by atoms with van der Waals surface area (Å²) in [5, 5.41) is 13.4. The molecule has 2 aromatic rings. The first-order valence-corrected chi connectivity index (χ1v) is 9.74. The predicted octanol–water partition coefficient (Wildman–Crippen LogP) is 4.07. The van der Waals surface area contributed by atoms with E-state index in [4.69, 9.17) is 4.74 Å². The van der Waals surface area contributed by atoms with Crippen molar-refractivity contribution >= 4 is 5.97 Å². The Bertz CT molecular complexity index is 866. The van der Waals surface area contributed by atoms with Crippen molar-refractivity contribution in [1.82, 2.24) is 5.32 Å². The Kier molecular flexibility index (Phi) is 9.08. The highest BCUT2D eigenvalue weighted by Gasteiger charge is 2.30. The molecule has 0 spiro atoms. The summed E-state index contributed by atoms with van der Waals surface area (Å²) in [5.74, 6) is 0.206. The fraction of sp³-hybridized carbons (Fsp3) is 0.348. The summed E-state index contributed by atoms with van der Waals surface area (Å²) in [4.78, 5) is 11.0. The lowest BCUT2D eigenvalue weighted by atomic mass is 10.0. The number of carbonyl (C=O) groups is 1. The molecule has 2 N–H and O–H groups in total. The molecule has 8 heteroatoms. The number of halogens is 3. The molecule has 0 fully saturated rings. The van der Waals surface area contributed by atoms with Gasteiger partial charge in [0.2, 0.25) is 0 Å². The van der Waals surface area contributed by atoms with Gasteiger partial charge in [-0.1, -0.05) is 24.3 Å². The maximum Gasteiger partial charge on any atom is 0.416 e. The standard InChI is InChI=1S/C23H26F3NO4/c1-16(27-15-21(28)18-5-3-6-19(14-18)23(24,25)26)13-17-8-10-20(11-9-17)31-12-4-7-22(29)30-2/h3-11,14,16,21,27-28H,12-13,15H2,1-2H3. The van der Waals surface area contributed by atoms with E-state index >= 15 is 0 Å². The third kappa shape index (κ3) is 8.43. The van der Waals surface area contributed by atoms with Gasteiger partial charge in [0.25, 0.3) is 0 Å². The summed E-state index contributed by atoms with van der Waals surface area (Å²) in [6.45, 7) is 2.30. The first-order valence-electron chi connectivity index (χ1n) is 9.74. The van der Waals surface area contributed by atoms with Crippen molar-refractivity contribution in [3.05, 3.63) is 77.4 Å². The second-order valence-corrected chi connectivity index (χ2v) is 7.03. The first kappa shape index (κ1) is 24.4. The van der Waals surface area contributed by atoms with Gasteiger partial charge >= 0.3 is 12.1 Å². The highest BCUT2D eigenvalue weighted by molar-refractivity contribution is 5.81. The highest BCUT2D eigenvalue weighted by Crippen LogP contribution is 2.30. The topological polar surface area (TPSA) is 67.8 Å². The second-order valence-electron chi connectivity index (χ2n) is 7.03. The van der Waals surface area contributed by atoms with Crippen LogP contribution in [0.2, 0.25) is 0 Å². The van der Waals surface area contributed by atoms with Crippen LogP contribution in [0, 0.1) is 0 Å². The van der Waals surface area contributed by atoms with Crippen LogP contribution in [0.1, 0.15) is 29.7 Å². The van der Waals surface area contributed by atoms with E-state index in [1.165, 1.54) is 25.3 Å². The van der Waals surface area contributed by atoms with E-state index in [2.05, 4.69) is 10.1 Å². The summed E-state index contributed by atoms with van der Waals surface area (Å²) in [5.41, 5.74) is 0.475. The van der Waals surface area contributed by atoms with Gasteiger partial charge in [-0.05, 0) is 54.8 Å². The summed E-state index contributed by atoms with van der Waals surface area (Å²) in [6, 6.07) is 12.1. The molecular formula is C23H26F3NO4. The number of hydrogen-bond donors (Lipinski definition) is 2. The van der Waals surface area contributed by atoms with Crippen LogP contribution in [0.15, 0.2) is 60.7 Å². The van der Waals surface area contributed by atoms with Crippen molar-refractivity contribution in [2.24, 2.45) is 0 Å². The van der Waals surface area contributed by atoms with Crippen LogP contribution >= 0.6 is 0 Å². The molecule has 0 bridgehead atoms. The molecule has 5 nitrogen and oxygen atoms in total. The average molecular weight is 437 g/mol. The minimum Gasteiger partial charge on any atom is -0.490 e. The van der Waals surface area contributed by atoms with Gasteiger partial charge in [-0.3, -0.25) is 0 Å². The smallest absolute Gasteiger partial charge is 0.416 e. The number of nitrogens with one attached hydrogen (secondary N) is 1. The zero-order chi connectivity index (χ0) is 22.9. The minimum absolute atomic E-state index is 0.00444. The van der Waals surface area contributed by atoms with Crippen molar-refractivity contribution in [3.8, 4) is 5.75 Å². The number of carbonyl (C=O) groups excluding carboxylic acids is 1. The van der Waals surface area contributed by atoms with Crippen LogP contribution in [0.5, 0.6) is 5.75 Å². The van der Waals surface area contributed by atoms with E-state index in [0.29, 0.717) is 12.2 Å². The van der Waals surface area contributed by atoms with Crippen molar-refractivity contribution in [3.63, 3.8) is 0 Å². The van der Waals surface area contributed by atoms with Crippen molar-refractivity contribution in [2.45, 2.75) is 31.7 Å². The highest BCUT2D eigenvalue weighted by atomic mass is 19.4. The van der Waals surface area contributed by atoms with Gasteiger partial charge in [-0.2, -0.15) is 13.2 Å². The maximum absolute atomic E-state index is 12.8. The summed E-state index contributed by atoms with van der Waals surface area (Å²) in [6.07, 6.45) is -1.97. The number of esters is 1. The third-order valence-corrected chi connectivity index (χ3v) is 4.52. The SMILES string of the molecule is COC(=O)C=CCOc1ccc(CC(C)NCC(O)c2cccc(C(F)(F)F)c2)cc1. The molecule has 0 heterocycles. The van der Waals surface area contributed by atoms with Crippen LogP contribution < -0.4 is 10.1 Å². The molecule has 2 atom stereocenters. The Hall–Kier alpha value is -2.84. The van der Waals surface area contributed by atoms with Gasteiger partial charge in [0.1, 0.15) is 12.4 Å². The molecule has 0 aliphatic rings. The Balaban J connectivity index is 1.80. The summed E-state index contributed by atoms with van der Waals surface area (Å²) < 4.78 is 48.4. The summed E-state index contributed by atoms with van der Waals surface area (Å²) in [7, 11) is 1.30. The molecular weight excluding hydrogens is 411 g/mol. The number of alkyl halides is 3. The van der Waals surface area contributed by atoms with Crippen LogP contribution in [-0.4, -0.2) is 37.4 Å². The molecule has 31 heavy (non-hydrogen) atoms. The van der Waals surface area contributed by atoms with Gasteiger partial charge in [-0.15, -0.1) is 0 Å². The molecule has 2 aromatic carbocycles. The first-order chi connectivity index (χ1) is 14.7. The fourth-order valence-corrected chi connectivity index (χ4v) is 2.86. The van der Waals surface area contributed by atoms with Crippen LogP contribution in [0.4, 0.5) is 13.2 Å². The van der Waals surface area contributed by atoms with Crippen LogP contribution in [0.25, 0.3) is 0 Å². The Morgan fingerprint density at radius 1 is 1.19 bits per heavy atom. The number of aliphatic hydroxyl groups excluding tert-OH is 1. The van der Waals surface area contributed by atoms with Gasteiger partial charge in [-0.25, -0.2) is 4.79 Å². The van der Waals surface area contributed by atoms with E-state index in [0.717, 1.165) is 17.7 Å². The number of aliphatic hydroxyl groups is 1. The van der Waals surface area contributed by atoms with Gasteiger partial charge in [0.15, 0.2) is 0 Å². The summed E-state index contributed by atoms with van der Waals surface area (Å²) >= 11 is 0. The zero-order valence-electron chi connectivity index (χ0n) is 17.4. The molecule has 2 rings (SSSR count). The largest absolute Gasteiger partial charge is 0.490 e. The molecule has 0 aliphatic carbocycles. The minimum atomic E-state index is -4.44. The molecule has 0 saturated carbocycles. The zero-order valence-corrected chi connectivity index (χ0v) is 17.4. The lowest BCUT2D eigenvalue weighted by Crippen LogP contribution is -2.32. The molecule has 0 saturated heterocycles. The number of rotatable bonds is 10. The van der Waals surface area contributed by atoms with Crippen molar-refractivity contribution in [1.29, 1.82) is 0 Å². The molecule has 0 aromatic heterocycles. The lowest BCUT2D eigenvalue weighted by Gasteiger charge is -2.18. The van der Waals surface area contributed by atoms with Crippen molar-refractivity contribution < 1.29 is 32.5 Å². The maximum atomic E-state index is 12.8. The molecule has 0 amide bonds. The van der Waals surface area contributed by atoms with Gasteiger partial charge < -0.3 is 19.9 Å². The number of hydrogen-bond acceptors (Lipinski definition) is 5. The molecule has 0 aliphatic heterocycles. The Labute approximate surface area is 179 Å². The lowest BCUT2D eigenvalue weighted by molar-refractivity contribution is -0.137.